The molecule has 0 amide bonds. The lowest BCUT2D eigenvalue weighted by molar-refractivity contribution is -0.00247. The van der Waals surface area contributed by atoms with Crippen LogP contribution in [-0.2, 0) is 0 Å². The van der Waals surface area contributed by atoms with Crippen LogP contribution in [0.5, 0.6) is 5.75 Å². The van der Waals surface area contributed by atoms with Crippen molar-refractivity contribution in [1.29, 1.82) is 0 Å². The summed E-state index contributed by atoms with van der Waals surface area (Å²) >= 11 is 2.08. The Labute approximate surface area is 107 Å². The van der Waals surface area contributed by atoms with Gasteiger partial charge >= 0.3 is 0 Å². The van der Waals surface area contributed by atoms with E-state index in [1.54, 1.807) is 0 Å². The molecule has 0 aliphatic carbocycles. The van der Waals surface area contributed by atoms with Crippen molar-refractivity contribution in [2.24, 2.45) is 0 Å². The van der Waals surface area contributed by atoms with Crippen molar-refractivity contribution in [3.63, 3.8) is 0 Å². The van der Waals surface area contributed by atoms with E-state index in [9.17, 15) is 0 Å². The summed E-state index contributed by atoms with van der Waals surface area (Å²) in [6.45, 7) is 4.33. The highest BCUT2D eigenvalue weighted by atomic mass is 32.2. The Hall–Kier alpha value is -0.670. The van der Waals surface area contributed by atoms with Crippen molar-refractivity contribution in [3.05, 3.63) is 29.8 Å². The van der Waals surface area contributed by atoms with E-state index in [1.165, 1.54) is 23.5 Å². The number of rotatable bonds is 3. The molecule has 0 spiro atoms. The number of likely N-dealkylation sites (tertiary alicyclic amines) is 1. The molecule has 2 fully saturated rings. The van der Waals surface area contributed by atoms with Crippen molar-refractivity contribution < 1.29 is 4.74 Å². The molecule has 0 bridgehead atoms. The van der Waals surface area contributed by atoms with Gasteiger partial charge in [0.25, 0.3) is 0 Å². The third kappa shape index (κ3) is 2.61. The zero-order chi connectivity index (χ0) is 11.7. The molecule has 2 aliphatic rings. The maximum atomic E-state index is 5.97. The number of aryl methyl sites for hydroxylation is 1. The van der Waals surface area contributed by atoms with Crippen molar-refractivity contribution >= 4 is 11.8 Å². The summed E-state index contributed by atoms with van der Waals surface area (Å²) in [5, 5.41) is 0. The highest BCUT2D eigenvalue weighted by Gasteiger charge is 2.35. The van der Waals surface area contributed by atoms with Gasteiger partial charge in [-0.1, -0.05) is 12.1 Å². The first kappa shape index (κ1) is 11.4. The van der Waals surface area contributed by atoms with Crippen LogP contribution in [0.2, 0.25) is 0 Å². The summed E-state index contributed by atoms with van der Waals surface area (Å²) in [4.78, 5) is 2.57. The molecule has 92 valence electrons. The fraction of sp³-hybridized carbons (Fsp3) is 0.571. The average Bonchev–Trinajstić information content (AvgIpc) is 2.76. The van der Waals surface area contributed by atoms with E-state index in [2.05, 4.69) is 47.9 Å². The predicted octanol–water partition coefficient (Wildman–Crippen LogP) is 2.56. The van der Waals surface area contributed by atoms with E-state index in [1.807, 2.05) is 0 Å². The molecular weight excluding hydrogens is 230 g/mol. The third-order valence-corrected chi connectivity index (χ3v) is 4.74. The zero-order valence-corrected chi connectivity index (χ0v) is 11.1. The number of hydrogen-bond acceptors (Lipinski definition) is 3. The number of ether oxygens (including phenoxy) is 1. The summed E-state index contributed by atoms with van der Waals surface area (Å²) in [5.74, 6) is 3.68. The number of thioether (sulfide) groups is 1. The summed E-state index contributed by atoms with van der Waals surface area (Å²) in [5.41, 5.74) is 1.27. The minimum absolute atomic E-state index is 0.405. The molecule has 17 heavy (non-hydrogen) atoms. The molecule has 1 atom stereocenters. The van der Waals surface area contributed by atoms with Crippen molar-refractivity contribution in [3.8, 4) is 5.75 Å². The number of hydrogen-bond donors (Lipinski definition) is 0. The molecule has 1 aromatic rings. The Morgan fingerprint density at radius 1 is 1.35 bits per heavy atom. The molecular formula is C14H19NOS. The largest absolute Gasteiger partial charge is 0.488 e. The molecule has 2 heterocycles. The van der Waals surface area contributed by atoms with Gasteiger partial charge in [0.15, 0.2) is 0 Å². The smallest absolute Gasteiger partial charge is 0.124 e. The molecule has 0 aromatic heterocycles. The van der Waals surface area contributed by atoms with Gasteiger partial charge in [-0.25, -0.2) is 0 Å². The summed E-state index contributed by atoms with van der Waals surface area (Å²) in [6.07, 6.45) is 1.77. The van der Waals surface area contributed by atoms with Gasteiger partial charge in [0.2, 0.25) is 0 Å². The second kappa shape index (κ2) is 4.91. The Morgan fingerprint density at radius 3 is 2.94 bits per heavy atom. The Morgan fingerprint density at radius 2 is 2.24 bits per heavy atom. The predicted molar refractivity (Wildman–Crippen MR) is 72.9 cm³/mol. The van der Waals surface area contributed by atoms with Crippen molar-refractivity contribution in [2.45, 2.75) is 25.5 Å². The van der Waals surface area contributed by atoms with Crippen LogP contribution in [0.1, 0.15) is 12.0 Å². The third-order valence-electron chi connectivity index (χ3n) is 3.59. The van der Waals surface area contributed by atoms with E-state index in [-0.39, 0.29) is 0 Å². The van der Waals surface area contributed by atoms with Crippen LogP contribution in [0.4, 0.5) is 0 Å². The molecule has 2 nitrogen and oxygen atoms in total. The first-order chi connectivity index (χ1) is 8.31. The normalized spacial score (nSPS) is 25.8. The van der Waals surface area contributed by atoms with E-state index >= 15 is 0 Å². The molecule has 0 unspecified atom stereocenters. The minimum Gasteiger partial charge on any atom is -0.488 e. The lowest BCUT2D eigenvalue weighted by Gasteiger charge is -2.42. The molecule has 3 rings (SSSR count). The molecule has 1 aromatic carbocycles. The number of benzene rings is 1. The average molecular weight is 249 g/mol. The molecule has 2 saturated heterocycles. The summed E-state index contributed by atoms with van der Waals surface area (Å²) < 4.78 is 5.97. The van der Waals surface area contributed by atoms with Crippen LogP contribution in [0, 0.1) is 6.92 Å². The van der Waals surface area contributed by atoms with Crippen LogP contribution in [-0.4, -0.2) is 41.6 Å². The lowest BCUT2D eigenvalue weighted by atomic mass is 10.1. The second-order valence-electron chi connectivity index (χ2n) is 5.03. The maximum Gasteiger partial charge on any atom is 0.124 e. The van der Waals surface area contributed by atoms with Gasteiger partial charge in [-0.05, 0) is 36.8 Å². The van der Waals surface area contributed by atoms with E-state index in [4.69, 9.17) is 4.74 Å². The maximum absolute atomic E-state index is 5.97. The van der Waals surface area contributed by atoms with Gasteiger partial charge < -0.3 is 4.74 Å². The quantitative estimate of drug-likeness (QED) is 0.817. The Balaban J connectivity index is 1.49. The number of nitrogens with zero attached hydrogens (tertiary/aromatic N) is 1. The van der Waals surface area contributed by atoms with E-state index < -0.39 is 0 Å². The first-order valence-corrected chi connectivity index (χ1v) is 7.52. The molecule has 0 N–H and O–H groups in total. The zero-order valence-electron chi connectivity index (χ0n) is 10.3. The molecule has 0 radical (unpaired) electrons. The van der Waals surface area contributed by atoms with Crippen LogP contribution in [0.15, 0.2) is 24.3 Å². The van der Waals surface area contributed by atoms with Gasteiger partial charge in [-0.2, -0.15) is 11.8 Å². The molecule has 3 heteroatoms. The lowest BCUT2D eigenvalue weighted by Crippen LogP contribution is -2.57. The highest BCUT2D eigenvalue weighted by molar-refractivity contribution is 7.99. The fourth-order valence-electron chi connectivity index (χ4n) is 2.53. The minimum atomic E-state index is 0.405. The van der Waals surface area contributed by atoms with Crippen molar-refractivity contribution in [2.75, 3.05) is 24.6 Å². The fourth-order valence-corrected chi connectivity index (χ4v) is 3.79. The van der Waals surface area contributed by atoms with E-state index in [0.717, 1.165) is 24.9 Å². The molecule has 0 saturated carbocycles. The van der Waals surface area contributed by atoms with E-state index in [0.29, 0.717) is 6.10 Å². The Bertz CT molecular complexity index is 384. The Kier molecular flexibility index (Phi) is 3.30. The van der Waals surface area contributed by atoms with Crippen LogP contribution in [0.25, 0.3) is 0 Å². The highest BCUT2D eigenvalue weighted by Crippen LogP contribution is 2.27. The van der Waals surface area contributed by atoms with Gasteiger partial charge in [0.1, 0.15) is 11.9 Å². The monoisotopic (exact) mass is 249 g/mol. The van der Waals surface area contributed by atoms with Gasteiger partial charge in [0.05, 0.1) is 0 Å². The standard InChI is InChI=1S/C14H19NOS/c1-11-3-2-4-13(7-11)16-14-8-15(9-14)12-5-6-17-10-12/h2-4,7,12,14H,5-6,8-10H2,1H3/t12-/m0/s1. The first-order valence-electron chi connectivity index (χ1n) is 6.36. The van der Waals surface area contributed by atoms with Crippen molar-refractivity contribution in [1.82, 2.24) is 4.90 Å². The topological polar surface area (TPSA) is 12.5 Å². The van der Waals surface area contributed by atoms with Crippen LogP contribution in [0.3, 0.4) is 0 Å². The van der Waals surface area contributed by atoms with Gasteiger partial charge in [0, 0.05) is 24.9 Å². The summed E-state index contributed by atoms with van der Waals surface area (Å²) in [7, 11) is 0. The van der Waals surface area contributed by atoms with Crippen LogP contribution >= 0.6 is 11.8 Å². The van der Waals surface area contributed by atoms with Crippen LogP contribution < -0.4 is 4.74 Å². The van der Waals surface area contributed by atoms with Gasteiger partial charge in [-0.15, -0.1) is 0 Å². The molecule has 2 aliphatic heterocycles. The summed E-state index contributed by atoms with van der Waals surface area (Å²) in [6, 6.07) is 9.16. The SMILES string of the molecule is Cc1cccc(OC2CN([C@H]3CCSC3)C2)c1. The second-order valence-corrected chi connectivity index (χ2v) is 6.18. The van der Waals surface area contributed by atoms with Gasteiger partial charge in [-0.3, -0.25) is 4.90 Å².